The van der Waals surface area contributed by atoms with Crippen molar-refractivity contribution in [2.45, 2.75) is 38.1 Å². The molecule has 0 aliphatic carbocycles. The van der Waals surface area contributed by atoms with E-state index in [-0.39, 0.29) is 4.90 Å². The van der Waals surface area contributed by atoms with Gasteiger partial charge in [-0.1, -0.05) is 36.4 Å². The molecule has 0 radical (unpaired) electrons. The second-order valence-corrected chi connectivity index (χ2v) is 9.08. The summed E-state index contributed by atoms with van der Waals surface area (Å²) in [5.74, 6) is 0.375. The van der Waals surface area contributed by atoms with E-state index < -0.39 is 15.8 Å². The second-order valence-electron chi connectivity index (χ2n) is 7.43. The van der Waals surface area contributed by atoms with Crippen molar-refractivity contribution in [3.05, 3.63) is 89.5 Å². The predicted octanol–water partition coefficient (Wildman–Crippen LogP) is 5.09. The van der Waals surface area contributed by atoms with E-state index in [1.807, 2.05) is 30.3 Å². The number of fused-ring (bicyclic) bond motifs is 1. The highest BCUT2D eigenvalue weighted by molar-refractivity contribution is 7.92. The van der Waals surface area contributed by atoms with Gasteiger partial charge in [-0.2, -0.15) is 0 Å². The number of hydrogen-bond acceptors (Lipinski definition) is 3. The van der Waals surface area contributed by atoms with Crippen molar-refractivity contribution in [3.63, 3.8) is 0 Å². The topological polar surface area (TPSA) is 64.0 Å². The Labute approximate surface area is 181 Å². The number of benzene rings is 3. The van der Waals surface area contributed by atoms with E-state index in [0.29, 0.717) is 24.1 Å². The fourth-order valence-electron chi connectivity index (χ4n) is 3.82. The van der Waals surface area contributed by atoms with E-state index in [1.165, 1.54) is 12.1 Å². The van der Waals surface area contributed by atoms with Crippen LogP contribution in [0.4, 0.5) is 10.1 Å². The van der Waals surface area contributed by atoms with Crippen LogP contribution >= 0.6 is 0 Å². The number of halogens is 1. The molecule has 0 unspecified atom stereocenters. The lowest BCUT2D eigenvalue weighted by Gasteiger charge is -2.14. The Morgan fingerprint density at radius 2 is 1.74 bits per heavy atom. The first-order chi connectivity index (χ1) is 14.9. The van der Waals surface area contributed by atoms with Crippen molar-refractivity contribution in [1.82, 2.24) is 9.55 Å². The van der Waals surface area contributed by atoms with Gasteiger partial charge in [0, 0.05) is 13.0 Å². The smallest absolute Gasteiger partial charge is 0.262 e. The molecule has 5 nitrogen and oxygen atoms in total. The van der Waals surface area contributed by atoms with Crippen LogP contribution < -0.4 is 4.72 Å². The summed E-state index contributed by atoms with van der Waals surface area (Å²) in [6, 6.07) is 19.1. The molecule has 3 aromatic carbocycles. The molecule has 0 bridgehead atoms. The molecule has 0 saturated heterocycles. The fraction of sp³-hybridized carbons (Fsp3) is 0.208. The number of imidazole rings is 1. The van der Waals surface area contributed by atoms with Gasteiger partial charge in [0.25, 0.3) is 10.0 Å². The molecule has 0 aliphatic rings. The lowest BCUT2D eigenvalue weighted by molar-refractivity contribution is 0.594. The lowest BCUT2D eigenvalue weighted by atomic mass is 10.1. The minimum atomic E-state index is -3.92. The molecule has 1 aromatic heterocycles. The Balaban J connectivity index is 1.61. The van der Waals surface area contributed by atoms with Crippen LogP contribution in [0.3, 0.4) is 0 Å². The molecular formula is C24H24FN3O2S. The summed E-state index contributed by atoms with van der Waals surface area (Å²) >= 11 is 0. The van der Waals surface area contributed by atoms with E-state index >= 15 is 0 Å². The van der Waals surface area contributed by atoms with Crippen molar-refractivity contribution < 1.29 is 12.8 Å². The van der Waals surface area contributed by atoms with Crippen molar-refractivity contribution in [2.75, 3.05) is 4.72 Å². The summed E-state index contributed by atoms with van der Waals surface area (Å²) < 4.78 is 44.3. The molecule has 0 atom stereocenters. The fourth-order valence-corrected chi connectivity index (χ4v) is 5.17. The first-order valence-corrected chi connectivity index (χ1v) is 11.7. The highest BCUT2D eigenvalue weighted by atomic mass is 32.2. The van der Waals surface area contributed by atoms with E-state index in [9.17, 15) is 12.8 Å². The van der Waals surface area contributed by atoms with Crippen LogP contribution in [0, 0.1) is 12.7 Å². The van der Waals surface area contributed by atoms with E-state index in [4.69, 9.17) is 4.98 Å². The average molecular weight is 438 g/mol. The van der Waals surface area contributed by atoms with Gasteiger partial charge in [-0.3, -0.25) is 4.72 Å². The van der Waals surface area contributed by atoms with Crippen LogP contribution in [0.25, 0.3) is 11.0 Å². The summed E-state index contributed by atoms with van der Waals surface area (Å²) in [6.45, 7) is 4.54. The molecule has 1 heterocycles. The van der Waals surface area contributed by atoms with Gasteiger partial charge >= 0.3 is 0 Å². The van der Waals surface area contributed by atoms with Gasteiger partial charge in [-0.25, -0.2) is 17.8 Å². The van der Waals surface area contributed by atoms with Gasteiger partial charge in [0.05, 0.1) is 21.6 Å². The zero-order valence-corrected chi connectivity index (χ0v) is 18.3. The van der Waals surface area contributed by atoms with E-state index in [0.717, 1.165) is 35.0 Å². The molecule has 4 aromatic rings. The van der Waals surface area contributed by atoms with E-state index in [2.05, 4.69) is 22.3 Å². The quantitative estimate of drug-likeness (QED) is 0.438. The van der Waals surface area contributed by atoms with E-state index in [1.54, 1.807) is 19.1 Å². The molecule has 0 aliphatic heterocycles. The van der Waals surface area contributed by atoms with Gasteiger partial charge in [0.2, 0.25) is 0 Å². The Bertz CT molecular complexity index is 1350. The summed E-state index contributed by atoms with van der Waals surface area (Å²) in [5, 5.41) is 0. The van der Waals surface area contributed by atoms with Crippen LogP contribution in [0.5, 0.6) is 0 Å². The second kappa shape index (κ2) is 8.51. The Morgan fingerprint density at radius 3 is 2.55 bits per heavy atom. The predicted molar refractivity (Wildman–Crippen MR) is 121 cm³/mol. The number of nitrogens with one attached hydrogen (secondary N) is 1. The maximum Gasteiger partial charge on any atom is 0.262 e. The van der Waals surface area contributed by atoms with Crippen LogP contribution in [0.15, 0.2) is 71.6 Å². The van der Waals surface area contributed by atoms with Gasteiger partial charge in [0.15, 0.2) is 0 Å². The van der Waals surface area contributed by atoms with Crippen molar-refractivity contribution in [2.24, 2.45) is 0 Å². The van der Waals surface area contributed by atoms with Crippen molar-refractivity contribution >= 4 is 26.7 Å². The van der Waals surface area contributed by atoms with Crippen LogP contribution in [0.2, 0.25) is 0 Å². The summed E-state index contributed by atoms with van der Waals surface area (Å²) in [7, 11) is -3.92. The lowest BCUT2D eigenvalue weighted by Crippen LogP contribution is -2.16. The molecule has 31 heavy (non-hydrogen) atoms. The maximum absolute atomic E-state index is 13.7. The molecule has 0 amide bonds. The zero-order valence-electron chi connectivity index (χ0n) is 17.5. The van der Waals surface area contributed by atoms with Gasteiger partial charge in [0.1, 0.15) is 11.6 Å². The summed E-state index contributed by atoms with van der Waals surface area (Å²) in [5.41, 5.74) is 3.88. The summed E-state index contributed by atoms with van der Waals surface area (Å²) in [4.78, 5) is 4.69. The molecule has 4 rings (SSSR count). The number of hydrogen-bond donors (Lipinski definition) is 1. The number of aromatic nitrogens is 2. The first kappa shape index (κ1) is 21.1. The number of anilines is 1. The molecule has 160 valence electrons. The maximum atomic E-state index is 13.7. The molecule has 7 heteroatoms. The van der Waals surface area contributed by atoms with Crippen molar-refractivity contribution in [1.29, 1.82) is 0 Å². The Kier molecular flexibility index (Phi) is 5.78. The Morgan fingerprint density at radius 1 is 1.00 bits per heavy atom. The monoisotopic (exact) mass is 437 g/mol. The van der Waals surface area contributed by atoms with Crippen LogP contribution in [0.1, 0.15) is 23.9 Å². The molecule has 0 saturated carbocycles. The van der Waals surface area contributed by atoms with Gasteiger partial charge in [-0.05, 0) is 61.7 Å². The number of para-hydroxylation sites is 3. The van der Waals surface area contributed by atoms with Crippen LogP contribution in [-0.2, 0) is 29.4 Å². The third kappa shape index (κ3) is 4.32. The minimum Gasteiger partial charge on any atom is -0.328 e. The molecule has 0 spiro atoms. The number of nitrogens with zero attached hydrogens (tertiary/aromatic N) is 2. The molecule has 1 N–H and O–H groups in total. The van der Waals surface area contributed by atoms with Gasteiger partial charge < -0.3 is 4.57 Å². The number of rotatable bonds is 7. The van der Waals surface area contributed by atoms with Crippen LogP contribution in [-0.4, -0.2) is 18.0 Å². The molecule has 0 fully saturated rings. The SMILES string of the molecule is CCn1c(CCc2ccccc2NS(=O)(=O)c2cc(F)ccc2C)nc2ccccc21. The van der Waals surface area contributed by atoms with Gasteiger partial charge in [-0.15, -0.1) is 0 Å². The first-order valence-electron chi connectivity index (χ1n) is 10.2. The summed E-state index contributed by atoms with van der Waals surface area (Å²) in [6.07, 6.45) is 1.28. The third-order valence-electron chi connectivity index (χ3n) is 5.37. The standard InChI is InChI=1S/C24H24FN3O2S/c1-3-28-22-11-7-6-10-21(22)26-24(28)15-13-18-8-4-5-9-20(18)27-31(29,30)23-16-19(25)14-12-17(23)2/h4-12,14,16,27H,3,13,15H2,1-2H3. The normalized spacial score (nSPS) is 11.7. The number of sulfonamides is 1. The largest absolute Gasteiger partial charge is 0.328 e. The van der Waals surface area contributed by atoms with Crippen molar-refractivity contribution in [3.8, 4) is 0 Å². The third-order valence-corrected chi connectivity index (χ3v) is 6.88. The number of aryl methyl sites for hydroxylation is 4. The molecular weight excluding hydrogens is 413 g/mol. The average Bonchev–Trinajstić information content (AvgIpc) is 3.12. The Hall–Kier alpha value is -3.19. The zero-order chi connectivity index (χ0) is 22.0. The highest BCUT2D eigenvalue weighted by Gasteiger charge is 2.19. The minimum absolute atomic E-state index is 0.0601. The highest BCUT2D eigenvalue weighted by Crippen LogP contribution is 2.24.